The van der Waals surface area contributed by atoms with Crippen molar-refractivity contribution < 1.29 is 5.11 Å². The van der Waals surface area contributed by atoms with Gasteiger partial charge in [-0.3, -0.25) is 4.98 Å². The molecule has 6 nitrogen and oxygen atoms in total. The number of nitrogens with zero attached hydrogens (tertiary/aromatic N) is 4. The predicted molar refractivity (Wildman–Crippen MR) is 111 cm³/mol. The molecule has 5 rings (SSSR count). The molecular weight excluding hydrogens is 350 g/mol. The van der Waals surface area contributed by atoms with Crippen LogP contribution in [0, 0.1) is 6.92 Å². The number of hydrogen-bond donors (Lipinski definition) is 2. The number of aromatic hydroxyl groups is 1. The van der Waals surface area contributed by atoms with E-state index in [1.165, 1.54) is 12.8 Å². The molecule has 0 unspecified atom stereocenters. The van der Waals surface area contributed by atoms with Gasteiger partial charge in [0.25, 0.3) is 0 Å². The molecular formula is C22H25N5O. The highest BCUT2D eigenvalue weighted by molar-refractivity contribution is 5.91. The average Bonchev–Trinajstić information content (AvgIpc) is 3.05. The molecule has 0 radical (unpaired) electrons. The van der Waals surface area contributed by atoms with Crippen LogP contribution in [-0.4, -0.2) is 45.5 Å². The highest BCUT2D eigenvalue weighted by atomic mass is 16.3. The summed E-state index contributed by atoms with van der Waals surface area (Å²) < 4.78 is 0. The van der Waals surface area contributed by atoms with Gasteiger partial charge < -0.3 is 15.3 Å². The molecule has 1 aromatic carbocycles. The standard InChI is InChI=1S/C22H25N5O/c1-13-18-12-21(28)19(9-14(18)7-8-23-13)20-5-6-22(26-25-20)27(2)17-10-15-3-4-16(11-17)24-15/h5-9,12,15-17,24,28H,3-4,10-11H2,1-2H3/t15-,16+,17-. The van der Waals surface area contributed by atoms with Gasteiger partial charge in [0, 0.05) is 48.0 Å². The van der Waals surface area contributed by atoms with Gasteiger partial charge >= 0.3 is 0 Å². The third-order valence-corrected chi connectivity index (χ3v) is 6.36. The lowest BCUT2D eigenvalue weighted by Gasteiger charge is -2.36. The summed E-state index contributed by atoms with van der Waals surface area (Å²) in [7, 11) is 2.11. The van der Waals surface area contributed by atoms with E-state index >= 15 is 0 Å². The minimum atomic E-state index is 0.203. The smallest absolute Gasteiger partial charge is 0.151 e. The van der Waals surface area contributed by atoms with Crippen LogP contribution >= 0.6 is 0 Å². The Balaban J connectivity index is 1.42. The lowest BCUT2D eigenvalue weighted by molar-refractivity contribution is 0.353. The minimum absolute atomic E-state index is 0.203. The Morgan fingerprint density at radius 2 is 1.86 bits per heavy atom. The van der Waals surface area contributed by atoms with Crippen LogP contribution in [0.5, 0.6) is 5.75 Å². The Morgan fingerprint density at radius 3 is 2.57 bits per heavy atom. The number of anilines is 1. The second-order valence-electron chi connectivity index (χ2n) is 8.14. The number of benzene rings is 1. The van der Waals surface area contributed by atoms with Gasteiger partial charge in [0.1, 0.15) is 5.75 Å². The Kier molecular flexibility index (Phi) is 4.16. The number of pyridine rings is 1. The van der Waals surface area contributed by atoms with Crippen LogP contribution in [0.25, 0.3) is 22.0 Å². The van der Waals surface area contributed by atoms with E-state index in [0.29, 0.717) is 29.4 Å². The Hall–Kier alpha value is -2.73. The fourth-order valence-corrected chi connectivity index (χ4v) is 4.75. The summed E-state index contributed by atoms with van der Waals surface area (Å²) in [6.45, 7) is 1.94. The summed E-state index contributed by atoms with van der Waals surface area (Å²) in [5.74, 6) is 1.09. The van der Waals surface area contributed by atoms with Crippen LogP contribution in [0.2, 0.25) is 0 Å². The number of hydrogen-bond acceptors (Lipinski definition) is 6. The number of aryl methyl sites for hydroxylation is 1. The van der Waals surface area contributed by atoms with Crippen molar-refractivity contribution in [2.24, 2.45) is 0 Å². The molecule has 0 spiro atoms. The van der Waals surface area contributed by atoms with Crippen LogP contribution in [0.1, 0.15) is 31.4 Å². The third-order valence-electron chi connectivity index (χ3n) is 6.36. The van der Waals surface area contributed by atoms with E-state index in [9.17, 15) is 5.11 Å². The fourth-order valence-electron chi connectivity index (χ4n) is 4.75. The van der Waals surface area contributed by atoms with Gasteiger partial charge in [0.2, 0.25) is 0 Å². The van der Waals surface area contributed by atoms with E-state index in [-0.39, 0.29) is 5.75 Å². The lowest BCUT2D eigenvalue weighted by Crippen LogP contribution is -2.47. The summed E-state index contributed by atoms with van der Waals surface area (Å²) in [5.41, 5.74) is 2.27. The molecule has 2 aliphatic rings. The zero-order chi connectivity index (χ0) is 19.3. The number of aromatic nitrogens is 3. The first-order chi connectivity index (χ1) is 13.6. The summed E-state index contributed by atoms with van der Waals surface area (Å²) in [4.78, 5) is 6.55. The first-order valence-electron chi connectivity index (χ1n) is 10.00. The van der Waals surface area contributed by atoms with E-state index in [4.69, 9.17) is 0 Å². The molecule has 2 aliphatic heterocycles. The van der Waals surface area contributed by atoms with E-state index in [0.717, 1.165) is 35.1 Å². The minimum Gasteiger partial charge on any atom is -0.507 e. The SMILES string of the molecule is Cc1nccc2cc(-c3ccc(N(C)[C@@H]4C[C@H]5CC[C@@H](C4)N5)nn3)c(O)cc12. The first kappa shape index (κ1) is 17.4. The maximum Gasteiger partial charge on any atom is 0.151 e. The Bertz CT molecular complexity index is 1010. The number of piperidine rings is 1. The number of nitrogens with one attached hydrogen (secondary N) is 1. The van der Waals surface area contributed by atoms with Crippen molar-refractivity contribution in [1.29, 1.82) is 0 Å². The van der Waals surface area contributed by atoms with Crippen molar-refractivity contribution in [3.63, 3.8) is 0 Å². The summed E-state index contributed by atoms with van der Waals surface area (Å²) in [6, 6.07) is 11.4. The second kappa shape index (κ2) is 6.71. The number of phenols is 1. The summed E-state index contributed by atoms with van der Waals surface area (Å²) in [6.07, 6.45) is 6.69. The average molecular weight is 375 g/mol. The van der Waals surface area contributed by atoms with Gasteiger partial charge in [-0.15, -0.1) is 10.2 Å². The molecule has 6 heteroatoms. The van der Waals surface area contributed by atoms with E-state index in [2.05, 4.69) is 32.4 Å². The van der Waals surface area contributed by atoms with Crippen LogP contribution < -0.4 is 10.2 Å². The highest BCUT2D eigenvalue weighted by Crippen LogP contribution is 2.34. The molecule has 28 heavy (non-hydrogen) atoms. The topological polar surface area (TPSA) is 74.2 Å². The highest BCUT2D eigenvalue weighted by Gasteiger charge is 2.35. The van der Waals surface area contributed by atoms with E-state index in [1.54, 1.807) is 12.3 Å². The largest absolute Gasteiger partial charge is 0.507 e. The first-order valence-corrected chi connectivity index (χ1v) is 10.00. The van der Waals surface area contributed by atoms with Crippen molar-refractivity contribution in [3.05, 3.63) is 42.2 Å². The van der Waals surface area contributed by atoms with Gasteiger partial charge in [0.05, 0.1) is 5.69 Å². The molecule has 2 bridgehead atoms. The van der Waals surface area contributed by atoms with Gasteiger partial charge in [-0.1, -0.05) is 0 Å². The third kappa shape index (κ3) is 2.98. The zero-order valence-electron chi connectivity index (χ0n) is 16.3. The maximum atomic E-state index is 10.5. The molecule has 0 amide bonds. The van der Waals surface area contributed by atoms with Crippen molar-refractivity contribution >= 4 is 16.6 Å². The quantitative estimate of drug-likeness (QED) is 0.731. The van der Waals surface area contributed by atoms with Crippen LogP contribution in [-0.2, 0) is 0 Å². The zero-order valence-corrected chi connectivity index (χ0v) is 16.3. The maximum absolute atomic E-state index is 10.5. The van der Waals surface area contributed by atoms with Crippen LogP contribution in [0.3, 0.4) is 0 Å². The molecule has 2 N–H and O–H groups in total. The van der Waals surface area contributed by atoms with E-state index in [1.807, 2.05) is 31.2 Å². The fraction of sp³-hybridized carbons (Fsp3) is 0.409. The molecule has 2 aromatic heterocycles. The summed E-state index contributed by atoms with van der Waals surface area (Å²) >= 11 is 0. The van der Waals surface area contributed by atoms with Gasteiger partial charge in [-0.05, 0) is 68.3 Å². The van der Waals surface area contributed by atoms with Gasteiger partial charge in [0.15, 0.2) is 5.82 Å². The molecule has 3 aromatic rings. The molecule has 4 heterocycles. The molecule has 0 saturated carbocycles. The second-order valence-corrected chi connectivity index (χ2v) is 8.14. The lowest BCUT2D eigenvalue weighted by atomic mass is 9.98. The summed E-state index contributed by atoms with van der Waals surface area (Å²) in [5, 5.41) is 25.1. The Morgan fingerprint density at radius 1 is 1.07 bits per heavy atom. The molecule has 0 aliphatic carbocycles. The number of phenolic OH excluding ortho intramolecular Hbond substituents is 1. The van der Waals surface area contributed by atoms with Crippen LogP contribution in [0.15, 0.2) is 36.5 Å². The van der Waals surface area contributed by atoms with Crippen molar-refractivity contribution in [2.45, 2.75) is 50.7 Å². The van der Waals surface area contributed by atoms with Gasteiger partial charge in [-0.25, -0.2) is 0 Å². The molecule has 3 atom stereocenters. The van der Waals surface area contributed by atoms with Crippen LogP contribution in [0.4, 0.5) is 5.82 Å². The van der Waals surface area contributed by atoms with Crippen molar-refractivity contribution in [3.8, 4) is 17.0 Å². The normalized spacial score (nSPS) is 23.9. The molecule has 2 fully saturated rings. The number of rotatable bonds is 3. The van der Waals surface area contributed by atoms with E-state index < -0.39 is 0 Å². The van der Waals surface area contributed by atoms with Crippen molar-refractivity contribution in [1.82, 2.24) is 20.5 Å². The monoisotopic (exact) mass is 375 g/mol. The Labute approximate surface area is 164 Å². The predicted octanol–water partition coefficient (Wildman–Crippen LogP) is 3.43. The van der Waals surface area contributed by atoms with Gasteiger partial charge in [-0.2, -0.15) is 0 Å². The molecule has 144 valence electrons. The number of fused-ring (bicyclic) bond motifs is 3. The van der Waals surface area contributed by atoms with Crippen molar-refractivity contribution in [2.75, 3.05) is 11.9 Å². The molecule has 2 saturated heterocycles.